The Morgan fingerprint density at radius 3 is 2.26 bits per heavy atom. The second kappa shape index (κ2) is 14.5. The molecule has 1 N–H and O–H groups in total. The van der Waals surface area contributed by atoms with Gasteiger partial charge >= 0.3 is 0 Å². The van der Waals surface area contributed by atoms with Crippen LogP contribution in [0, 0.1) is 5.92 Å². The molecule has 188 valence electrons. The normalized spacial score (nSPS) is 14.7. The number of ether oxygens (including phenoxy) is 2. The van der Waals surface area contributed by atoms with Gasteiger partial charge in [0, 0.05) is 23.7 Å². The van der Waals surface area contributed by atoms with Gasteiger partial charge in [-0.1, -0.05) is 34.3 Å². The summed E-state index contributed by atoms with van der Waals surface area (Å²) >= 11 is 0.0239. The van der Waals surface area contributed by atoms with E-state index in [-0.39, 0.29) is 19.8 Å². The van der Waals surface area contributed by atoms with Crippen LogP contribution in [0.2, 0.25) is 0 Å². The van der Waals surface area contributed by atoms with Gasteiger partial charge in [-0.2, -0.15) is 0 Å². The van der Waals surface area contributed by atoms with Crippen LogP contribution in [0.25, 0.3) is 22.2 Å². The molecule has 1 unspecified atom stereocenters. The van der Waals surface area contributed by atoms with E-state index in [2.05, 4.69) is 29.2 Å². The number of hydrogen-bond acceptors (Lipinski definition) is 6. The maximum absolute atomic E-state index is 13.4. The fourth-order valence-corrected chi connectivity index (χ4v) is 4.09. The number of rotatable bonds is 6. The zero-order chi connectivity index (χ0) is 24.4. The lowest BCUT2D eigenvalue weighted by atomic mass is 10.0. The van der Waals surface area contributed by atoms with Gasteiger partial charge in [-0.3, -0.25) is 4.79 Å². The molecule has 1 aliphatic heterocycles. The number of benzene rings is 1. The van der Waals surface area contributed by atoms with Gasteiger partial charge < -0.3 is 19.7 Å². The quantitative estimate of drug-likeness (QED) is 0.408. The molecule has 34 heavy (non-hydrogen) atoms. The SMILES string of the molecule is C.CC.CC1CCN(C)C1.COc1cccc(OC)c1-c1cn(SF)c2nc(NC=O)ccc12. The molecule has 0 radical (unpaired) electrons. The maximum Gasteiger partial charge on any atom is 0.212 e. The Morgan fingerprint density at radius 2 is 1.82 bits per heavy atom. The second-order valence-electron chi connectivity index (χ2n) is 7.46. The van der Waals surface area contributed by atoms with Crippen molar-refractivity contribution in [3.8, 4) is 22.6 Å². The standard InChI is InChI=1S/C16H14FN3O3S.C6H13N.C2H6.CH4/c1-22-12-4-3-5-13(23-2)15(12)11-8-20(24-17)16-10(11)6-7-14(19-16)18-9-21;1-6-3-4-7(2)5-6;1-2;/h3-9H,1-2H3,(H,18,19,21);6H,3-5H2,1-2H3;1-2H3;1H4. The van der Waals surface area contributed by atoms with E-state index in [9.17, 15) is 8.68 Å². The summed E-state index contributed by atoms with van der Waals surface area (Å²) in [6.07, 6.45) is 3.54. The highest BCUT2D eigenvalue weighted by molar-refractivity contribution is 7.92. The molecule has 0 spiro atoms. The van der Waals surface area contributed by atoms with Gasteiger partial charge in [0.1, 0.15) is 17.3 Å². The fraction of sp³-hybridized carbons (Fsp3) is 0.440. The molecule has 1 aromatic carbocycles. The van der Waals surface area contributed by atoms with Gasteiger partial charge in [0.15, 0.2) is 18.0 Å². The van der Waals surface area contributed by atoms with Gasteiger partial charge in [0.05, 0.1) is 19.8 Å². The summed E-state index contributed by atoms with van der Waals surface area (Å²) in [4.78, 5) is 17.2. The zero-order valence-corrected chi connectivity index (χ0v) is 20.9. The number of hydrogen-bond donors (Lipinski definition) is 1. The van der Waals surface area contributed by atoms with Crippen molar-refractivity contribution in [1.82, 2.24) is 13.9 Å². The maximum atomic E-state index is 13.4. The third-order valence-electron chi connectivity index (χ3n) is 5.23. The van der Waals surface area contributed by atoms with E-state index >= 15 is 0 Å². The summed E-state index contributed by atoms with van der Waals surface area (Å²) in [6.45, 7) is 8.92. The highest BCUT2D eigenvalue weighted by Crippen LogP contribution is 2.43. The Bertz CT molecular complexity index is 1010. The van der Waals surface area contributed by atoms with Crippen LogP contribution in [0.3, 0.4) is 0 Å². The van der Waals surface area contributed by atoms with E-state index in [0.29, 0.717) is 40.3 Å². The van der Waals surface area contributed by atoms with Gasteiger partial charge in [-0.05, 0) is 50.2 Å². The predicted octanol–water partition coefficient (Wildman–Crippen LogP) is 6.29. The van der Waals surface area contributed by atoms with E-state index < -0.39 is 0 Å². The number of halogens is 1. The highest BCUT2D eigenvalue weighted by atomic mass is 32.2. The topological polar surface area (TPSA) is 68.6 Å². The van der Waals surface area contributed by atoms with Crippen molar-refractivity contribution in [3.05, 3.63) is 36.5 Å². The Labute approximate surface area is 207 Å². The van der Waals surface area contributed by atoms with E-state index in [4.69, 9.17) is 9.47 Å². The number of fused-ring (bicyclic) bond motifs is 1. The molecular weight excluding hydrogens is 455 g/mol. The van der Waals surface area contributed by atoms with Crippen molar-refractivity contribution >= 4 is 35.6 Å². The van der Waals surface area contributed by atoms with Gasteiger partial charge in [0.2, 0.25) is 6.41 Å². The number of nitrogens with one attached hydrogen (secondary N) is 1. The summed E-state index contributed by atoms with van der Waals surface area (Å²) in [6, 6.07) is 8.84. The molecule has 1 aliphatic rings. The molecule has 0 bridgehead atoms. The highest BCUT2D eigenvalue weighted by Gasteiger charge is 2.20. The minimum atomic E-state index is 0. The number of carbonyl (C=O) groups is 1. The van der Waals surface area contributed by atoms with E-state index in [1.807, 2.05) is 19.9 Å². The summed E-state index contributed by atoms with van der Waals surface area (Å²) in [5.41, 5.74) is 1.81. The van der Waals surface area contributed by atoms with Crippen molar-refractivity contribution in [2.24, 2.45) is 5.92 Å². The largest absolute Gasteiger partial charge is 0.496 e. The molecule has 1 fully saturated rings. The molecule has 9 heteroatoms. The molecule has 1 atom stereocenters. The molecule has 0 saturated carbocycles. The average molecular weight is 493 g/mol. The first kappa shape index (κ1) is 29.3. The van der Waals surface area contributed by atoms with Crippen LogP contribution in [-0.4, -0.2) is 54.6 Å². The van der Waals surface area contributed by atoms with Gasteiger partial charge in [-0.15, -0.1) is 3.89 Å². The lowest BCUT2D eigenvalue weighted by Crippen LogP contribution is -2.12. The predicted molar refractivity (Wildman–Crippen MR) is 141 cm³/mol. The molecular formula is C25H37FN4O3S. The van der Waals surface area contributed by atoms with Crippen molar-refractivity contribution in [3.63, 3.8) is 0 Å². The summed E-state index contributed by atoms with van der Waals surface area (Å²) in [5.74, 6) is 2.49. The number of pyridine rings is 1. The average Bonchev–Trinajstić information content (AvgIpc) is 3.41. The lowest BCUT2D eigenvalue weighted by Gasteiger charge is -2.12. The molecule has 1 saturated heterocycles. The number of carbonyl (C=O) groups excluding carboxylic acids is 1. The number of anilines is 1. The van der Waals surface area contributed by atoms with Crippen LogP contribution in [0.1, 0.15) is 34.6 Å². The van der Waals surface area contributed by atoms with Crippen LogP contribution >= 0.6 is 12.3 Å². The zero-order valence-electron chi connectivity index (χ0n) is 20.1. The van der Waals surface area contributed by atoms with Crippen LogP contribution in [0.15, 0.2) is 36.5 Å². The van der Waals surface area contributed by atoms with Crippen LogP contribution in [0.5, 0.6) is 11.5 Å². The lowest BCUT2D eigenvalue weighted by molar-refractivity contribution is -0.105. The fourth-order valence-electron chi connectivity index (χ4n) is 3.74. The number of methoxy groups -OCH3 is 2. The third kappa shape index (κ3) is 6.87. The Kier molecular flexibility index (Phi) is 12.5. The van der Waals surface area contributed by atoms with Crippen molar-refractivity contribution in [2.75, 3.05) is 39.7 Å². The molecule has 1 amide bonds. The minimum Gasteiger partial charge on any atom is -0.496 e. The van der Waals surface area contributed by atoms with Crippen LogP contribution in [-0.2, 0) is 4.79 Å². The first-order chi connectivity index (χ1) is 16.0. The summed E-state index contributed by atoms with van der Waals surface area (Å²) < 4.78 is 25.5. The van der Waals surface area contributed by atoms with Crippen molar-refractivity contribution in [1.29, 1.82) is 0 Å². The first-order valence-corrected chi connectivity index (χ1v) is 11.6. The van der Waals surface area contributed by atoms with Gasteiger partial charge in [0.25, 0.3) is 0 Å². The summed E-state index contributed by atoms with van der Waals surface area (Å²) in [7, 11) is 5.31. The molecule has 7 nitrogen and oxygen atoms in total. The Morgan fingerprint density at radius 1 is 1.18 bits per heavy atom. The smallest absolute Gasteiger partial charge is 0.212 e. The monoisotopic (exact) mass is 492 g/mol. The number of likely N-dealkylation sites (tertiary alicyclic amines) is 1. The number of aromatic nitrogens is 2. The summed E-state index contributed by atoms with van der Waals surface area (Å²) in [5, 5.41) is 3.17. The minimum absolute atomic E-state index is 0. The van der Waals surface area contributed by atoms with E-state index in [0.717, 1.165) is 11.5 Å². The third-order valence-corrected chi connectivity index (χ3v) is 5.65. The molecule has 2 aromatic heterocycles. The van der Waals surface area contributed by atoms with Crippen LogP contribution in [0.4, 0.5) is 9.70 Å². The van der Waals surface area contributed by atoms with Crippen LogP contribution < -0.4 is 14.8 Å². The van der Waals surface area contributed by atoms with Gasteiger partial charge in [-0.25, -0.2) is 8.96 Å². The Hall–Kier alpha value is -2.78. The second-order valence-corrected chi connectivity index (χ2v) is 7.99. The molecule has 3 aromatic rings. The molecule has 4 rings (SSSR count). The molecule has 0 aliphatic carbocycles. The number of amides is 1. The van der Waals surface area contributed by atoms with Crippen molar-refractivity contribution in [2.45, 2.75) is 34.6 Å². The number of nitrogens with zero attached hydrogens (tertiary/aromatic N) is 3. The van der Waals surface area contributed by atoms with Crippen molar-refractivity contribution < 1.29 is 18.2 Å². The van der Waals surface area contributed by atoms with E-state index in [1.165, 1.54) is 23.5 Å². The van der Waals surface area contributed by atoms with E-state index in [1.54, 1.807) is 44.7 Å². The Balaban J connectivity index is 0.000000491. The molecule has 3 heterocycles. The first-order valence-electron chi connectivity index (χ1n) is 10.9.